The summed E-state index contributed by atoms with van der Waals surface area (Å²) in [4.78, 5) is 0. The first-order valence-corrected chi connectivity index (χ1v) is 4.29. The Hall–Kier alpha value is -1.12. The van der Waals surface area contributed by atoms with Gasteiger partial charge < -0.3 is 4.74 Å². The minimum Gasteiger partial charge on any atom is -0.487 e. The Bertz CT molecular complexity index is 308. The van der Waals surface area contributed by atoms with Crippen molar-refractivity contribution in [3.8, 4) is 5.75 Å². The molecule has 1 aliphatic rings. The molecule has 1 saturated carbocycles. The minimum atomic E-state index is -0.587. The van der Waals surface area contributed by atoms with Crippen LogP contribution in [0.3, 0.4) is 0 Å². The van der Waals surface area contributed by atoms with Crippen LogP contribution in [-0.2, 0) is 0 Å². The molecule has 0 atom stereocenters. The number of benzene rings is 1. The summed E-state index contributed by atoms with van der Waals surface area (Å²) in [6.45, 7) is 0. The monoisotopic (exact) mass is 183 g/mol. The molecule has 69 valence electrons. The lowest BCUT2D eigenvalue weighted by molar-refractivity contribution is 0.114. The SMILES string of the molecule is Fc1[c]c(OC2CCC2)c(F)cc1. The van der Waals surface area contributed by atoms with Crippen LogP contribution in [-0.4, -0.2) is 6.10 Å². The summed E-state index contributed by atoms with van der Waals surface area (Å²) in [5, 5.41) is 0. The Kier molecular flexibility index (Phi) is 2.17. The fourth-order valence-corrected chi connectivity index (χ4v) is 1.17. The van der Waals surface area contributed by atoms with Gasteiger partial charge in [0.15, 0.2) is 11.6 Å². The van der Waals surface area contributed by atoms with Gasteiger partial charge in [-0.15, -0.1) is 0 Å². The van der Waals surface area contributed by atoms with Gasteiger partial charge >= 0.3 is 0 Å². The second-order valence-electron chi connectivity index (χ2n) is 3.15. The van der Waals surface area contributed by atoms with Gasteiger partial charge in [0.1, 0.15) is 5.82 Å². The van der Waals surface area contributed by atoms with Gasteiger partial charge in [0.05, 0.1) is 12.2 Å². The molecule has 0 aromatic heterocycles. The van der Waals surface area contributed by atoms with E-state index in [1.807, 2.05) is 0 Å². The number of hydrogen-bond acceptors (Lipinski definition) is 1. The molecule has 1 radical (unpaired) electrons. The van der Waals surface area contributed by atoms with Crippen LogP contribution < -0.4 is 4.74 Å². The molecule has 2 rings (SSSR count). The van der Waals surface area contributed by atoms with Crippen LogP contribution >= 0.6 is 0 Å². The topological polar surface area (TPSA) is 9.23 Å². The second kappa shape index (κ2) is 3.32. The Morgan fingerprint density at radius 2 is 2.08 bits per heavy atom. The molecular formula is C10H9F2O. The average Bonchev–Trinajstić information content (AvgIpc) is 2.03. The van der Waals surface area contributed by atoms with Crippen LogP contribution in [0.1, 0.15) is 19.3 Å². The van der Waals surface area contributed by atoms with Gasteiger partial charge in [-0.3, -0.25) is 0 Å². The highest BCUT2D eigenvalue weighted by Gasteiger charge is 2.20. The molecular weight excluding hydrogens is 174 g/mol. The standard InChI is InChI=1S/C10H9F2O/c11-7-4-5-9(12)10(6-7)13-8-2-1-3-8/h4-5,8H,1-3H2. The van der Waals surface area contributed by atoms with Crippen LogP contribution in [0.25, 0.3) is 0 Å². The third-order valence-corrected chi connectivity index (χ3v) is 2.16. The van der Waals surface area contributed by atoms with Crippen molar-refractivity contribution in [1.29, 1.82) is 0 Å². The molecule has 0 aliphatic heterocycles. The van der Waals surface area contributed by atoms with Gasteiger partial charge in [-0.25, -0.2) is 8.78 Å². The largest absolute Gasteiger partial charge is 0.487 e. The van der Waals surface area contributed by atoms with Gasteiger partial charge in [-0.05, 0) is 31.4 Å². The summed E-state index contributed by atoms with van der Waals surface area (Å²) < 4.78 is 30.8. The van der Waals surface area contributed by atoms with Crippen molar-refractivity contribution in [2.45, 2.75) is 25.4 Å². The van der Waals surface area contributed by atoms with Gasteiger partial charge in [0, 0.05) is 0 Å². The average molecular weight is 183 g/mol. The van der Waals surface area contributed by atoms with Crippen molar-refractivity contribution >= 4 is 0 Å². The van der Waals surface area contributed by atoms with E-state index in [2.05, 4.69) is 6.07 Å². The van der Waals surface area contributed by atoms with Gasteiger partial charge in [0.25, 0.3) is 0 Å². The highest BCUT2D eigenvalue weighted by Crippen LogP contribution is 2.26. The van der Waals surface area contributed by atoms with Crippen LogP contribution in [0.4, 0.5) is 8.78 Å². The minimum absolute atomic E-state index is 0.0487. The second-order valence-corrected chi connectivity index (χ2v) is 3.15. The molecule has 13 heavy (non-hydrogen) atoms. The highest BCUT2D eigenvalue weighted by atomic mass is 19.1. The van der Waals surface area contributed by atoms with Gasteiger partial charge in [-0.1, -0.05) is 0 Å². The molecule has 0 amide bonds. The molecule has 1 aliphatic carbocycles. The summed E-state index contributed by atoms with van der Waals surface area (Å²) >= 11 is 0. The lowest BCUT2D eigenvalue weighted by Gasteiger charge is -2.26. The number of halogens is 2. The Labute approximate surface area is 75.3 Å². The van der Waals surface area contributed by atoms with E-state index >= 15 is 0 Å². The first-order chi connectivity index (χ1) is 6.25. The van der Waals surface area contributed by atoms with E-state index in [9.17, 15) is 8.78 Å². The first-order valence-electron chi connectivity index (χ1n) is 4.29. The van der Waals surface area contributed by atoms with Gasteiger partial charge in [0.2, 0.25) is 0 Å². The molecule has 0 bridgehead atoms. The number of ether oxygens (including phenoxy) is 1. The summed E-state index contributed by atoms with van der Waals surface area (Å²) in [5.74, 6) is -1.23. The molecule has 1 aromatic carbocycles. The molecule has 3 heteroatoms. The fraction of sp³-hybridized carbons (Fsp3) is 0.400. The maximum absolute atomic E-state index is 13.0. The van der Waals surface area contributed by atoms with Crippen molar-refractivity contribution in [1.82, 2.24) is 0 Å². The van der Waals surface area contributed by atoms with Crippen LogP contribution in [0.15, 0.2) is 12.1 Å². The summed E-state index contributed by atoms with van der Waals surface area (Å²) in [5.41, 5.74) is 0. The predicted octanol–water partition coefficient (Wildman–Crippen LogP) is 2.70. The first kappa shape index (κ1) is 8.48. The van der Waals surface area contributed by atoms with Crippen LogP contribution in [0, 0.1) is 17.7 Å². The number of rotatable bonds is 2. The Morgan fingerprint density at radius 3 is 2.69 bits per heavy atom. The zero-order chi connectivity index (χ0) is 9.26. The predicted molar refractivity (Wildman–Crippen MR) is 43.5 cm³/mol. The van der Waals surface area contributed by atoms with Crippen LogP contribution in [0.2, 0.25) is 0 Å². The molecule has 0 heterocycles. The van der Waals surface area contributed by atoms with E-state index < -0.39 is 11.6 Å². The molecule has 1 aromatic rings. The molecule has 0 spiro atoms. The maximum atomic E-state index is 13.0. The molecule has 0 saturated heterocycles. The van der Waals surface area contributed by atoms with E-state index in [1.165, 1.54) is 0 Å². The lowest BCUT2D eigenvalue weighted by atomic mass is 9.96. The summed E-state index contributed by atoms with van der Waals surface area (Å²) in [7, 11) is 0. The molecule has 0 unspecified atom stereocenters. The lowest BCUT2D eigenvalue weighted by Crippen LogP contribution is -2.25. The maximum Gasteiger partial charge on any atom is 0.166 e. The number of hydrogen-bond donors (Lipinski definition) is 0. The Morgan fingerprint density at radius 1 is 1.31 bits per heavy atom. The zero-order valence-corrected chi connectivity index (χ0v) is 7.02. The van der Waals surface area contributed by atoms with Crippen molar-refractivity contribution < 1.29 is 13.5 Å². The zero-order valence-electron chi connectivity index (χ0n) is 7.02. The van der Waals surface area contributed by atoms with Crippen molar-refractivity contribution in [3.63, 3.8) is 0 Å². The molecule has 1 nitrogen and oxygen atoms in total. The van der Waals surface area contributed by atoms with E-state index in [0.29, 0.717) is 0 Å². The Balaban J connectivity index is 2.13. The van der Waals surface area contributed by atoms with E-state index in [4.69, 9.17) is 4.74 Å². The summed E-state index contributed by atoms with van der Waals surface area (Å²) in [6, 6.07) is 4.30. The molecule has 1 fully saturated rings. The normalized spacial score (nSPS) is 16.8. The quantitative estimate of drug-likeness (QED) is 0.685. The van der Waals surface area contributed by atoms with E-state index in [0.717, 1.165) is 31.4 Å². The van der Waals surface area contributed by atoms with Gasteiger partial charge in [-0.2, -0.15) is 0 Å². The summed E-state index contributed by atoms with van der Waals surface area (Å²) in [6.07, 6.45) is 2.99. The highest BCUT2D eigenvalue weighted by molar-refractivity contribution is 5.23. The molecule has 0 N–H and O–H groups in total. The van der Waals surface area contributed by atoms with E-state index in [1.54, 1.807) is 0 Å². The van der Waals surface area contributed by atoms with Crippen molar-refractivity contribution in [3.05, 3.63) is 29.8 Å². The third-order valence-electron chi connectivity index (χ3n) is 2.16. The van der Waals surface area contributed by atoms with E-state index in [-0.39, 0.29) is 11.9 Å². The van der Waals surface area contributed by atoms with Crippen LogP contribution in [0.5, 0.6) is 5.75 Å². The smallest absolute Gasteiger partial charge is 0.166 e. The van der Waals surface area contributed by atoms with Crippen molar-refractivity contribution in [2.75, 3.05) is 0 Å². The fourth-order valence-electron chi connectivity index (χ4n) is 1.17. The third kappa shape index (κ3) is 1.79. The van der Waals surface area contributed by atoms with Crippen molar-refractivity contribution in [2.24, 2.45) is 0 Å².